The Hall–Kier alpha value is -2.12. The molecule has 2 rings (SSSR count). The number of hydrogen-bond acceptors (Lipinski definition) is 4. The van der Waals surface area contributed by atoms with E-state index in [1.165, 1.54) is 24.3 Å². The summed E-state index contributed by atoms with van der Waals surface area (Å²) in [5, 5.41) is -0.201. The Kier molecular flexibility index (Phi) is 4.15. The van der Waals surface area contributed by atoms with E-state index in [1.54, 1.807) is 0 Å². The first-order valence-corrected chi connectivity index (χ1v) is 7.38. The average molecular weight is 330 g/mol. The molecule has 0 aromatic heterocycles. The van der Waals surface area contributed by atoms with Gasteiger partial charge in [0.05, 0.1) is 10.6 Å². The maximum Gasteiger partial charge on any atom is 0.340 e. The summed E-state index contributed by atoms with van der Waals surface area (Å²) in [6.07, 6.45) is 0. The molecule has 0 spiro atoms. The van der Waals surface area contributed by atoms with Crippen LogP contribution in [0.4, 0.5) is 4.39 Å². The minimum absolute atomic E-state index is 0.117. The van der Waals surface area contributed by atoms with E-state index < -0.39 is 26.7 Å². The second-order valence-corrected chi connectivity index (χ2v) is 5.89. The molecule has 0 heterocycles. The third kappa shape index (κ3) is 3.32. The molecule has 0 aliphatic heterocycles. The molecule has 0 aliphatic rings. The smallest absolute Gasteiger partial charge is 0.340 e. The van der Waals surface area contributed by atoms with Crippen molar-refractivity contribution in [3.8, 4) is 5.75 Å². The third-order valence-electron chi connectivity index (χ3n) is 2.51. The normalized spacial score (nSPS) is 11.1. The van der Waals surface area contributed by atoms with Crippen LogP contribution >= 0.6 is 11.6 Å². The van der Waals surface area contributed by atoms with Gasteiger partial charge in [-0.25, -0.2) is 4.39 Å². The van der Waals surface area contributed by atoms with E-state index in [0.29, 0.717) is 0 Å². The van der Waals surface area contributed by atoms with Crippen molar-refractivity contribution in [2.45, 2.75) is 4.90 Å². The maximum absolute atomic E-state index is 13.2. The predicted octanol–water partition coefficient (Wildman–Crippen LogP) is 2.35. The number of carbonyl (C=O) groups excluding carboxylic acids is 1. The van der Waals surface area contributed by atoms with Gasteiger partial charge in [-0.15, -0.1) is 0 Å². The standard InChI is InChI=1S/C13H9ClFNO4S/c14-10-6-5-8(15)7-12(10)21(18,19)20-11-4-2-1-3-9(11)13(16)17/h1-7H,(H2,16,17). The fourth-order valence-electron chi connectivity index (χ4n) is 1.57. The zero-order valence-electron chi connectivity index (χ0n) is 10.4. The molecule has 0 bridgehead atoms. The van der Waals surface area contributed by atoms with E-state index >= 15 is 0 Å². The van der Waals surface area contributed by atoms with Crippen LogP contribution in [0.1, 0.15) is 10.4 Å². The number of hydrogen-bond donors (Lipinski definition) is 1. The van der Waals surface area contributed by atoms with Crippen molar-refractivity contribution in [3.05, 3.63) is 58.9 Å². The summed E-state index contributed by atoms with van der Waals surface area (Å²) in [4.78, 5) is 10.7. The number of nitrogens with two attached hydrogens (primary N) is 1. The van der Waals surface area contributed by atoms with Gasteiger partial charge in [-0.2, -0.15) is 8.42 Å². The summed E-state index contributed by atoms with van der Waals surface area (Å²) in [6.45, 7) is 0. The lowest BCUT2D eigenvalue weighted by atomic mass is 10.2. The highest BCUT2D eigenvalue weighted by Crippen LogP contribution is 2.27. The molecule has 0 unspecified atom stereocenters. The number of carbonyl (C=O) groups is 1. The van der Waals surface area contributed by atoms with Gasteiger partial charge in [0.2, 0.25) is 0 Å². The largest absolute Gasteiger partial charge is 0.378 e. The van der Waals surface area contributed by atoms with Gasteiger partial charge in [-0.1, -0.05) is 23.7 Å². The van der Waals surface area contributed by atoms with E-state index in [1.807, 2.05) is 0 Å². The molecule has 110 valence electrons. The molecule has 2 N–H and O–H groups in total. The van der Waals surface area contributed by atoms with E-state index in [-0.39, 0.29) is 16.3 Å². The van der Waals surface area contributed by atoms with Crippen LogP contribution in [-0.2, 0) is 10.1 Å². The van der Waals surface area contributed by atoms with Crippen molar-refractivity contribution in [1.29, 1.82) is 0 Å². The Morgan fingerprint density at radius 2 is 1.86 bits per heavy atom. The first kappa shape index (κ1) is 15.3. The maximum atomic E-state index is 13.2. The topological polar surface area (TPSA) is 86.5 Å². The molecule has 0 fully saturated rings. The van der Waals surface area contributed by atoms with Crippen molar-refractivity contribution >= 4 is 27.6 Å². The summed E-state index contributed by atoms with van der Waals surface area (Å²) in [6, 6.07) is 8.35. The van der Waals surface area contributed by atoms with Crippen LogP contribution in [0.2, 0.25) is 5.02 Å². The number of benzene rings is 2. The molecule has 2 aromatic carbocycles. The second-order valence-electron chi connectivity index (χ2n) is 3.97. The first-order chi connectivity index (χ1) is 9.81. The van der Waals surface area contributed by atoms with E-state index in [2.05, 4.69) is 0 Å². The molecular formula is C13H9ClFNO4S. The van der Waals surface area contributed by atoms with Crippen molar-refractivity contribution in [2.75, 3.05) is 0 Å². The van der Waals surface area contributed by atoms with E-state index in [4.69, 9.17) is 21.5 Å². The molecule has 21 heavy (non-hydrogen) atoms. The van der Waals surface area contributed by atoms with Crippen LogP contribution in [0.3, 0.4) is 0 Å². The lowest BCUT2D eigenvalue weighted by Gasteiger charge is -2.10. The van der Waals surface area contributed by atoms with Gasteiger partial charge < -0.3 is 9.92 Å². The molecule has 5 nitrogen and oxygen atoms in total. The van der Waals surface area contributed by atoms with Gasteiger partial charge in [0.1, 0.15) is 10.7 Å². The lowest BCUT2D eigenvalue weighted by molar-refractivity contribution is 0.0999. The molecule has 0 atom stereocenters. The molecule has 8 heteroatoms. The summed E-state index contributed by atoms with van der Waals surface area (Å²) in [7, 11) is -4.40. The SMILES string of the molecule is NC(=O)c1ccccc1OS(=O)(=O)c1cc(F)ccc1Cl. The van der Waals surface area contributed by atoms with Crippen molar-refractivity contribution in [2.24, 2.45) is 5.73 Å². The van der Waals surface area contributed by atoms with Gasteiger partial charge in [0, 0.05) is 0 Å². The fourth-order valence-corrected chi connectivity index (χ4v) is 3.01. The average Bonchev–Trinajstić information content (AvgIpc) is 2.41. The first-order valence-electron chi connectivity index (χ1n) is 5.59. The Balaban J connectivity index is 2.48. The van der Waals surface area contributed by atoms with E-state index in [0.717, 1.165) is 18.2 Å². The Morgan fingerprint density at radius 3 is 2.52 bits per heavy atom. The van der Waals surface area contributed by atoms with Crippen molar-refractivity contribution in [3.63, 3.8) is 0 Å². The quantitative estimate of drug-likeness (QED) is 0.872. The number of halogens is 2. The summed E-state index contributed by atoms with van der Waals surface area (Å²) < 4.78 is 42.3. The van der Waals surface area contributed by atoms with Gasteiger partial charge >= 0.3 is 10.1 Å². The number of rotatable bonds is 4. The predicted molar refractivity (Wildman–Crippen MR) is 74.2 cm³/mol. The zero-order valence-corrected chi connectivity index (χ0v) is 12.0. The molecule has 1 amide bonds. The van der Waals surface area contributed by atoms with Gasteiger partial charge in [-0.05, 0) is 30.3 Å². The Bertz CT molecular complexity index is 808. The van der Waals surface area contributed by atoms with Gasteiger partial charge in [0.15, 0.2) is 5.75 Å². The van der Waals surface area contributed by atoms with Crippen LogP contribution in [0.15, 0.2) is 47.4 Å². The molecule has 0 radical (unpaired) electrons. The number of para-hydroxylation sites is 1. The molecule has 0 saturated carbocycles. The van der Waals surface area contributed by atoms with Crippen LogP contribution in [-0.4, -0.2) is 14.3 Å². The monoisotopic (exact) mass is 329 g/mol. The summed E-state index contributed by atoms with van der Waals surface area (Å²) in [5.41, 5.74) is 5.01. The highest BCUT2D eigenvalue weighted by atomic mass is 35.5. The number of primary amides is 1. The highest BCUT2D eigenvalue weighted by Gasteiger charge is 2.23. The minimum Gasteiger partial charge on any atom is -0.378 e. The zero-order chi connectivity index (χ0) is 15.6. The van der Waals surface area contributed by atoms with Crippen LogP contribution < -0.4 is 9.92 Å². The Labute approximate surface area is 125 Å². The van der Waals surface area contributed by atoms with Gasteiger partial charge in [-0.3, -0.25) is 4.79 Å². The Morgan fingerprint density at radius 1 is 1.19 bits per heavy atom. The van der Waals surface area contributed by atoms with Crippen molar-refractivity contribution < 1.29 is 21.8 Å². The lowest BCUT2D eigenvalue weighted by Crippen LogP contribution is -2.16. The molecule has 2 aromatic rings. The molecular weight excluding hydrogens is 321 g/mol. The number of amides is 1. The van der Waals surface area contributed by atoms with E-state index in [9.17, 15) is 17.6 Å². The second kappa shape index (κ2) is 5.71. The molecule has 0 aliphatic carbocycles. The van der Waals surface area contributed by atoms with Gasteiger partial charge in [0.25, 0.3) is 5.91 Å². The third-order valence-corrected chi connectivity index (χ3v) is 4.23. The summed E-state index contributed by atoms with van der Waals surface area (Å²) in [5.74, 6) is -1.90. The fraction of sp³-hybridized carbons (Fsp3) is 0. The van der Waals surface area contributed by atoms with Crippen molar-refractivity contribution in [1.82, 2.24) is 0 Å². The van der Waals surface area contributed by atoms with Crippen LogP contribution in [0, 0.1) is 5.82 Å². The summed E-state index contributed by atoms with van der Waals surface area (Å²) >= 11 is 5.73. The van der Waals surface area contributed by atoms with Crippen LogP contribution in [0.25, 0.3) is 0 Å². The molecule has 0 saturated heterocycles. The van der Waals surface area contributed by atoms with Crippen LogP contribution in [0.5, 0.6) is 5.75 Å². The minimum atomic E-state index is -4.40. The highest BCUT2D eigenvalue weighted by molar-refractivity contribution is 7.87.